The number of aromatic nitrogens is 2. The summed E-state index contributed by atoms with van der Waals surface area (Å²) >= 11 is 0. The van der Waals surface area contributed by atoms with Crippen LogP contribution in [0.4, 0.5) is 5.69 Å². The molecule has 1 aromatic heterocycles. The van der Waals surface area contributed by atoms with E-state index in [0.717, 1.165) is 11.4 Å². The SMILES string of the molecule is Cc1c(NCc2cncn2C(C)C)cccc1S(N)(=O)=O. The second-order valence-corrected chi connectivity index (χ2v) is 6.74. The number of primary sulfonamides is 1. The van der Waals surface area contributed by atoms with E-state index in [-0.39, 0.29) is 4.90 Å². The lowest BCUT2D eigenvalue weighted by Crippen LogP contribution is -2.15. The van der Waals surface area contributed by atoms with Crippen molar-refractivity contribution in [1.29, 1.82) is 0 Å². The topological polar surface area (TPSA) is 90.0 Å². The van der Waals surface area contributed by atoms with Crippen molar-refractivity contribution in [1.82, 2.24) is 9.55 Å². The Kier molecular flexibility index (Phi) is 4.34. The first-order valence-electron chi connectivity index (χ1n) is 6.67. The van der Waals surface area contributed by atoms with Crippen molar-refractivity contribution in [3.63, 3.8) is 0 Å². The van der Waals surface area contributed by atoms with Crippen LogP contribution in [-0.2, 0) is 16.6 Å². The van der Waals surface area contributed by atoms with Crippen LogP contribution >= 0.6 is 0 Å². The molecule has 3 N–H and O–H groups in total. The van der Waals surface area contributed by atoms with Crippen LogP contribution in [0.2, 0.25) is 0 Å². The molecule has 2 aromatic rings. The van der Waals surface area contributed by atoms with E-state index in [1.807, 2.05) is 6.07 Å². The van der Waals surface area contributed by atoms with Gasteiger partial charge in [-0.1, -0.05) is 6.07 Å². The fourth-order valence-corrected chi connectivity index (χ4v) is 3.04. The smallest absolute Gasteiger partial charge is 0.238 e. The van der Waals surface area contributed by atoms with Gasteiger partial charge in [0.25, 0.3) is 0 Å². The molecule has 21 heavy (non-hydrogen) atoms. The molecule has 0 saturated carbocycles. The Morgan fingerprint density at radius 1 is 1.38 bits per heavy atom. The van der Waals surface area contributed by atoms with Crippen molar-refractivity contribution >= 4 is 15.7 Å². The number of nitrogens with zero attached hydrogens (tertiary/aromatic N) is 2. The molecule has 0 fully saturated rings. The first-order chi connectivity index (χ1) is 9.80. The first kappa shape index (κ1) is 15.5. The van der Waals surface area contributed by atoms with Gasteiger partial charge in [0.1, 0.15) is 0 Å². The molecule has 0 aliphatic rings. The highest BCUT2D eigenvalue weighted by Gasteiger charge is 2.14. The number of hydrogen-bond donors (Lipinski definition) is 2. The van der Waals surface area contributed by atoms with Gasteiger partial charge in [0, 0.05) is 17.9 Å². The number of rotatable bonds is 5. The van der Waals surface area contributed by atoms with Gasteiger partial charge in [-0.25, -0.2) is 18.5 Å². The van der Waals surface area contributed by atoms with Crippen LogP contribution in [0, 0.1) is 6.92 Å². The van der Waals surface area contributed by atoms with Gasteiger partial charge >= 0.3 is 0 Å². The van der Waals surface area contributed by atoms with Crippen LogP contribution < -0.4 is 10.5 Å². The number of sulfonamides is 1. The normalized spacial score (nSPS) is 11.9. The Labute approximate surface area is 125 Å². The Balaban J connectivity index is 2.23. The van der Waals surface area contributed by atoms with Gasteiger partial charge in [-0.15, -0.1) is 0 Å². The minimum absolute atomic E-state index is 0.143. The van der Waals surface area contributed by atoms with Gasteiger partial charge in [0.05, 0.1) is 23.5 Å². The molecule has 0 aliphatic heterocycles. The Hall–Kier alpha value is -1.86. The van der Waals surface area contributed by atoms with Gasteiger partial charge in [-0.2, -0.15) is 0 Å². The summed E-state index contributed by atoms with van der Waals surface area (Å²) in [5.74, 6) is 0. The quantitative estimate of drug-likeness (QED) is 0.884. The third-order valence-electron chi connectivity index (χ3n) is 3.35. The highest BCUT2D eigenvalue weighted by Crippen LogP contribution is 2.22. The molecule has 0 unspecified atom stereocenters. The molecule has 7 heteroatoms. The zero-order chi connectivity index (χ0) is 15.6. The molecule has 0 radical (unpaired) electrons. The molecule has 0 aliphatic carbocycles. The van der Waals surface area contributed by atoms with E-state index in [0.29, 0.717) is 18.2 Å². The first-order valence-corrected chi connectivity index (χ1v) is 8.22. The average Bonchev–Trinajstić information content (AvgIpc) is 2.84. The Morgan fingerprint density at radius 3 is 2.71 bits per heavy atom. The van der Waals surface area contributed by atoms with Crippen molar-refractivity contribution < 1.29 is 8.42 Å². The number of anilines is 1. The van der Waals surface area contributed by atoms with Crippen molar-refractivity contribution in [2.45, 2.75) is 38.3 Å². The Bertz CT molecular complexity index is 735. The van der Waals surface area contributed by atoms with Gasteiger partial charge in [-0.3, -0.25) is 0 Å². The molecule has 1 heterocycles. The van der Waals surface area contributed by atoms with E-state index >= 15 is 0 Å². The van der Waals surface area contributed by atoms with Crippen LogP contribution in [-0.4, -0.2) is 18.0 Å². The van der Waals surface area contributed by atoms with Crippen molar-refractivity contribution in [3.8, 4) is 0 Å². The predicted molar refractivity (Wildman–Crippen MR) is 82.5 cm³/mol. The van der Waals surface area contributed by atoms with Crippen molar-refractivity contribution in [3.05, 3.63) is 42.0 Å². The number of nitrogens with one attached hydrogen (secondary N) is 1. The summed E-state index contributed by atoms with van der Waals surface area (Å²) in [6.45, 7) is 6.46. The highest BCUT2D eigenvalue weighted by molar-refractivity contribution is 7.89. The third-order valence-corrected chi connectivity index (χ3v) is 4.41. The summed E-state index contributed by atoms with van der Waals surface area (Å²) in [4.78, 5) is 4.29. The van der Waals surface area contributed by atoms with Gasteiger partial charge in [0.15, 0.2) is 0 Å². The van der Waals surface area contributed by atoms with Crippen LogP contribution in [0.1, 0.15) is 31.1 Å². The zero-order valence-electron chi connectivity index (χ0n) is 12.4. The van der Waals surface area contributed by atoms with E-state index in [1.54, 1.807) is 25.5 Å². The van der Waals surface area contributed by atoms with Crippen LogP contribution in [0.25, 0.3) is 0 Å². The molecule has 0 saturated heterocycles. The van der Waals surface area contributed by atoms with Gasteiger partial charge in [-0.05, 0) is 38.5 Å². The summed E-state index contributed by atoms with van der Waals surface area (Å²) in [5.41, 5.74) is 2.40. The summed E-state index contributed by atoms with van der Waals surface area (Å²) in [6.07, 6.45) is 3.58. The molecule has 0 atom stereocenters. The van der Waals surface area contributed by atoms with E-state index in [9.17, 15) is 8.42 Å². The van der Waals surface area contributed by atoms with E-state index < -0.39 is 10.0 Å². The molecule has 6 nitrogen and oxygen atoms in total. The zero-order valence-corrected chi connectivity index (χ0v) is 13.2. The maximum absolute atomic E-state index is 11.5. The predicted octanol–water partition coefficient (Wildman–Crippen LogP) is 2.03. The van der Waals surface area contributed by atoms with Gasteiger partial charge < -0.3 is 9.88 Å². The van der Waals surface area contributed by atoms with E-state index in [4.69, 9.17) is 5.14 Å². The lowest BCUT2D eigenvalue weighted by atomic mass is 10.2. The van der Waals surface area contributed by atoms with Crippen molar-refractivity contribution in [2.75, 3.05) is 5.32 Å². The fraction of sp³-hybridized carbons (Fsp3) is 0.357. The average molecular weight is 308 g/mol. The number of imidazole rings is 1. The second-order valence-electron chi connectivity index (χ2n) is 5.21. The van der Waals surface area contributed by atoms with E-state index in [1.165, 1.54) is 6.07 Å². The lowest BCUT2D eigenvalue weighted by molar-refractivity contribution is 0.577. The summed E-state index contributed by atoms with van der Waals surface area (Å²) in [7, 11) is -3.71. The summed E-state index contributed by atoms with van der Waals surface area (Å²) in [5, 5.41) is 8.45. The molecule has 0 spiro atoms. The monoisotopic (exact) mass is 308 g/mol. The van der Waals surface area contributed by atoms with Crippen LogP contribution in [0.3, 0.4) is 0 Å². The van der Waals surface area contributed by atoms with Crippen LogP contribution in [0.5, 0.6) is 0 Å². The van der Waals surface area contributed by atoms with E-state index in [2.05, 4.69) is 28.7 Å². The molecule has 0 bridgehead atoms. The lowest BCUT2D eigenvalue weighted by Gasteiger charge is -2.15. The Morgan fingerprint density at radius 2 is 2.10 bits per heavy atom. The molecule has 2 rings (SSSR count). The maximum Gasteiger partial charge on any atom is 0.238 e. The van der Waals surface area contributed by atoms with Crippen LogP contribution in [0.15, 0.2) is 35.6 Å². The molecule has 1 aromatic carbocycles. The summed E-state index contributed by atoms with van der Waals surface area (Å²) in [6, 6.07) is 5.34. The molecular formula is C14H20N4O2S. The van der Waals surface area contributed by atoms with Crippen molar-refractivity contribution in [2.24, 2.45) is 5.14 Å². The largest absolute Gasteiger partial charge is 0.379 e. The second kappa shape index (κ2) is 5.87. The number of benzene rings is 1. The molecule has 0 amide bonds. The third kappa shape index (κ3) is 3.43. The molecular weight excluding hydrogens is 288 g/mol. The minimum atomic E-state index is -3.71. The minimum Gasteiger partial charge on any atom is -0.379 e. The molecule has 114 valence electrons. The maximum atomic E-state index is 11.5. The number of nitrogens with two attached hydrogens (primary N) is 1. The van der Waals surface area contributed by atoms with Gasteiger partial charge in [0.2, 0.25) is 10.0 Å². The fourth-order valence-electron chi connectivity index (χ4n) is 2.23. The summed E-state index contributed by atoms with van der Waals surface area (Å²) < 4.78 is 25.1. The number of hydrogen-bond acceptors (Lipinski definition) is 4. The standard InChI is InChI=1S/C14H20N4O2S/c1-10(2)18-9-16-7-12(18)8-17-13-5-4-6-14(11(13)3)21(15,19)20/h4-7,9-10,17H,8H2,1-3H3,(H2,15,19,20). The highest BCUT2D eigenvalue weighted by atomic mass is 32.2.